The molecule has 0 fully saturated rings. The van der Waals surface area contributed by atoms with Gasteiger partial charge in [0.05, 0.1) is 21.3 Å². The molecule has 6 nitrogen and oxygen atoms in total. The Labute approximate surface area is 152 Å². The summed E-state index contributed by atoms with van der Waals surface area (Å²) in [6.45, 7) is 0. The Morgan fingerprint density at radius 2 is 1.73 bits per heavy atom. The number of aryl methyl sites for hydroxylation is 1. The second-order valence-electron chi connectivity index (χ2n) is 5.82. The summed E-state index contributed by atoms with van der Waals surface area (Å²) in [7, 11) is 4.62. The summed E-state index contributed by atoms with van der Waals surface area (Å²) in [6.07, 6.45) is 2.98. The van der Waals surface area contributed by atoms with E-state index in [1.54, 1.807) is 33.5 Å². The molecule has 3 rings (SSSR count). The van der Waals surface area contributed by atoms with Gasteiger partial charge in [-0.15, -0.1) is 0 Å². The summed E-state index contributed by atoms with van der Waals surface area (Å²) in [5.41, 5.74) is 2.80. The zero-order chi connectivity index (χ0) is 18.5. The van der Waals surface area contributed by atoms with Crippen molar-refractivity contribution >= 4 is 22.5 Å². The molecular formula is C20H22N2O4. The highest BCUT2D eigenvalue weighted by Gasteiger charge is 2.14. The number of carbonyl (C=O) groups is 1. The van der Waals surface area contributed by atoms with Gasteiger partial charge in [0.2, 0.25) is 11.7 Å². The van der Waals surface area contributed by atoms with Crippen molar-refractivity contribution in [1.82, 2.24) is 4.98 Å². The molecule has 1 aromatic heterocycles. The van der Waals surface area contributed by atoms with Crippen LogP contribution in [0.15, 0.2) is 42.6 Å². The number of methoxy groups -OCH3 is 3. The molecule has 3 aromatic rings. The first-order chi connectivity index (χ1) is 12.7. The third kappa shape index (κ3) is 3.59. The summed E-state index contributed by atoms with van der Waals surface area (Å²) < 4.78 is 15.9. The van der Waals surface area contributed by atoms with E-state index in [0.717, 1.165) is 16.5 Å². The number of fused-ring (bicyclic) bond motifs is 1. The first-order valence-electron chi connectivity index (χ1n) is 8.31. The molecule has 0 aliphatic rings. The molecule has 1 amide bonds. The number of hydrogen-bond acceptors (Lipinski definition) is 4. The number of carbonyl (C=O) groups excluding carboxylic acids is 1. The van der Waals surface area contributed by atoms with Crippen LogP contribution in [-0.2, 0) is 11.2 Å². The Morgan fingerprint density at radius 3 is 2.38 bits per heavy atom. The van der Waals surface area contributed by atoms with E-state index < -0.39 is 0 Å². The maximum atomic E-state index is 12.4. The zero-order valence-electron chi connectivity index (χ0n) is 15.1. The minimum atomic E-state index is -0.0791. The van der Waals surface area contributed by atoms with Gasteiger partial charge in [0.15, 0.2) is 11.5 Å². The molecule has 0 atom stereocenters. The summed E-state index contributed by atoms with van der Waals surface area (Å²) in [4.78, 5) is 15.6. The summed E-state index contributed by atoms with van der Waals surface area (Å²) >= 11 is 0. The Balaban J connectivity index is 1.70. The van der Waals surface area contributed by atoms with Crippen LogP contribution in [0.25, 0.3) is 10.9 Å². The Morgan fingerprint density at radius 1 is 1.04 bits per heavy atom. The highest BCUT2D eigenvalue weighted by Crippen LogP contribution is 2.39. The first kappa shape index (κ1) is 17.7. The summed E-state index contributed by atoms with van der Waals surface area (Å²) in [5, 5.41) is 4.03. The van der Waals surface area contributed by atoms with Crippen LogP contribution in [0.5, 0.6) is 17.2 Å². The molecular weight excluding hydrogens is 332 g/mol. The lowest BCUT2D eigenvalue weighted by atomic mass is 10.1. The molecule has 0 bridgehead atoms. The number of aromatic amines is 1. The maximum Gasteiger partial charge on any atom is 0.224 e. The lowest BCUT2D eigenvalue weighted by Gasteiger charge is -2.14. The molecule has 26 heavy (non-hydrogen) atoms. The first-order valence-corrected chi connectivity index (χ1v) is 8.31. The predicted octanol–water partition coefficient (Wildman–Crippen LogP) is 3.77. The average molecular weight is 354 g/mol. The molecule has 0 aliphatic heterocycles. The third-order valence-corrected chi connectivity index (χ3v) is 4.24. The average Bonchev–Trinajstić information content (AvgIpc) is 3.08. The quantitative estimate of drug-likeness (QED) is 0.677. The molecule has 0 aliphatic carbocycles. The molecule has 6 heteroatoms. The maximum absolute atomic E-state index is 12.4. The van der Waals surface area contributed by atoms with Crippen LogP contribution < -0.4 is 19.5 Å². The van der Waals surface area contributed by atoms with Crippen molar-refractivity contribution in [2.24, 2.45) is 0 Å². The lowest BCUT2D eigenvalue weighted by Crippen LogP contribution is -2.12. The van der Waals surface area contributed by atoms with E-state index in [9.17, 15) is 4.79 Å². The topological polar surface area (TPSA) is 72.6 Å². The van der Waals surface area contributed by atoms with Gasteiger partial charge in [0.25, 0.3) is 0 Å². The van der Waals surface area contributed by atoms with Crippen LogP contribution in [0.2, 0.25) is 0 Å². The number of rotatable bonds is 7. The fourth-order valence-electron chi connectivity index (χ4n) is 2.96. The Bertz CT molecular complexity index is 892. The summed E-state index contributed by atoms with van der Waals surface area (Å²) in [5.74, 6) is 1.41. The van der Waals surface area contributed by atoms with Gasteiger partial charge < -0.3 is 24.5 Å². The van der Waals surface area contributed by atoms with Gasteiger partial charge in [0, 0.05) is 41.3 Å². The van der Waals surface area contributed by atoms with Crippen molar-refractivity contribution in [2.45, 2.75) is 12.8 Å². The number of hydrogen-bond donors (Lipinski definition) is 2. The van der Waals surface area contributed by atoms with Gasteiger partial charge in [0.1, 0.15) is 0 Å². The number of amides is 1. The molecule has 2 N–H and O–H groups in total. The molecule has 0 saturated heterocycles. The number of H-pyrrole nitrogens is 1. The minimum absolute atomic E-state index is 0.0791. The number of ether oxygens (including phenoxy) is 3. The fourth-order valence-corrected chi connectivity index (χ4v) is 2.96. The van der Waals surface area contributed by atoms with Gasteiger partial charge in [-0.05, 0) is 18.1 Å². The molecule has 136 valence electrons. The molecule has 1 heterocycles. The monoisotopic (exact) mass is 354 g/mol. The standard InChI is InChI=1S/C20H22N2O4/c1-24-17-10-14(11-18(25-2)20(17)26-3)22-19(23)9-8-13-12-21-16-7-5-4-6-15(13)16/h4-7,10-12,21H,8-9H2,1-3H3,(H,22,23). The van der Waals surface area contributed by atoms with Gasteiger partial charge >= 0.3 is 0 Å². The van der Waals surface area contributed by atoms with E-state index in [1.165, 1.54) is 0 Å². The van der Waals surface area contributed by atoms with E-state index in [-0.39, 0.29) is 5.91 Å². The van der Waals surface area contributed by atoms with E-state index >= 15 is 0 Å². The van der Waals surface area contributed by atoms with E-state index in [1.807, 2.05) is 24.4 Å². The van der Waals surface area contributed by atoms with Crippen molar-refractivity contribution < 1.29 is 19.0 Å². The van der Waals surface area contributed by atoms with Gasteiger partial charge in [-0.3, -0.25) is 4.79 Å². The van der Waals surface area contributed by atoms with Crippen molar-refractivity contribution in [3.05, 3.63) is 48.2 Å². The minimum Gasteiger partial charge on any atom is -0.493 e. The summed E-state index contributed by atoms with van der Waals surface area (Å²) in [6, 6.07) is 11.5. The van der Waals surface area contributed by atoms with Gasteiger partial charge in [-0.2, -0.15) is 0 Å². The third-order valence-electron chi connectivity index (χ3n) is 4.24. The fraction of sp³-hybridized carbons (Fsp3) is 0.250. The van der Waals surface area contributed by atoms with Gasteiger partial charge in [-0.1, -0.05) is 18.2 Å². The Hall–Kier alpha value is -3.15. The van der Waals surface area contributed by atoms with E-state index in [2.05, 4.69) is 16.4 Å². The van der Waals surface area contributed by atoms with Gasteiger partial charge in [-0.25, -0.2) is 0 Å². The smallest absolute Gasteiger partial charge is 0.224 e. The van der Waals surface area contributed by atoms with Crippen molar-refractivity contribution in [3.8, 4) is 17.2 Å². The number of nitrogens with one attached hydrogen (secondary N) is 2. The number of anilines is 1. The Kier molecular flexibility index (Phi) is 5.31. The normalized spacial score (nSPS) is 10.6. The van der Waals surface area contributed by atoms with Crippen LogP contribution in [0.3, 0.4) is 0 Å². The molecule has 2 aromatic carbocycles. The lowest BCUT2D eigenvalue weighted by molar-refractivity contribution is -0.116. The zero-order valence-corrected chi connectivity index (χ0v) is 15.1. The number of benzene rings is 2. The molecule has 0 radical (unpaired) electrons. The highest BCUT2D eigenvalue weighted by molar-refractivity contribution is 5.92. The van der Waals surface area contributed by atoms with Crippen molar-refractivity contribution in [1.29, 1.82) is 0 Å². The van der Waals surface area contributed by atoms with Crippen LogP contribution >= 0.6 is 0 Å². The number of aromatic nitrogens is 1. The predicted molar refractivity (Wildman–Crippen MR) is 101 cm³/mol. The second-order valence-corrected chi connectivity index (χ2v) is 5.82. The highest BCUT2D eigenvalue weighted by atomic mass is 16.5. The number of para-hydroxylation sites is 1. The van der Waals surface area contributed by atoms with Crippen LogP contribution in [0.4, 0.5) is 5.69 Å². The second kappa shape index (κ2) is 7.82. The van der Waals surface area contributed by atoms with Crippen LogP contribution in [0.1, 0.15) is 12.0 Å². The largest absolute Gasteiger partial charge is 0.493 e. The molecule has 0 spiro atoms. The molecule has 0 saturated carbocycles. The van der Waals surface area contributed by atoms with Crippen LogP contribution in [-0.4, -0.2) is 32.2 Å². The SMILES string of the molecule is COc1cc(NC(=O)CCc2c[nH]c3ccccc23)cc(OC)c1OC. The van der Waals surface area contributed by atoms with Crippen molar-refractivity contribution in [2.75, 3.05) is 26.6 Å². The van der Waals surface area contributed by atoms with E-state index in [4.69, 9.17) is 14.2 Å². The molecule has 0 unspecified atom stereocenters. The van der Waals surface area contributed by atoms with E-state index in [0.29, 0.717) is 35.8 Å². The van der Waals surface area contributed by atoms with Crippen LogP contribution in [0, 0.1) is 0 Å². The van der Waals surface area contributed by atoms with Crippen molar-refractivity contribution in [3.63, 3.8) is 0 Å².